The summed E-state index contributed by atoms with van der Waals surface area (Å²) in [5.74, 6) is 7.68. The lowest BCUT2D eigenvalue weighted by molar-refractivity contribution is 0.370. The van der Waals surface area contributed by atoms with Gasteiger partial charge in [0.1, 0.15) is 11.5 Å². The molecule has 2 unspecified atom stereocenters. The number of hydrazine groups is 1. The standard InChI is InChI=1S/C14H22N2O4S/c1-19-11-3-4-12(14(8-11)20-2)13(16-15)7-10-5-6-21(17,18)9-10/h3-4,8,10,13,16H,5-7,9,15H2,1-2H3. The largest absolute Gasteiger partial charge is 0.497 e. The maximum atomic E-state index is 11.6. The lowest BCUT2D eigenvalue weighted by atomic mass is 9.94. The van der Waals surface area contributed by atoms with Crippen LogP contribution in [-0.2, 0) is 9.84 Å². The second kappa shape index (κ2) is 6.64. The number of hydrogen-bond acceptors (Lipinski definition) is 6. The molecule has 1 aliphatic rings. The Kier molecular flexibility index (Phi) is 5.08. The number of nitrogens with two attached hydrogens (primary N) is 1. The van der Waals surface area contributed by atoms with E-state index in [1.807, 2.05) is 12.1 Å². The maximum absolute atomic E-state index is 11.6. The SMILES string of the molecule is COc1ccc(C(CC2CCS(=O)(=O)C2)NN)c(OC)c1. The normalized spacial score (nSPS) is 22.0. The van der Waals surface area contributed by atoms with E-state index in [9.17, 15) is 8.42 Å². The molecule has 1 aromatic rings. The number of sulfone groups is 1. The topological polar surface area (TPSA) is 90.7 Å². The summed E-state index contributed by atoms with van der Waals surface area (Å²) in [6.07, 6.45) is 1.36. The summed E-state index contributed by atoms with van der Waals surface area (Å²) >= 11 is 0. The first-order chi connectivity index (χ1) is 9.99. The second-order valence-electron chi connectivity index (χ2n) is 5.33. The molecule has 0 saturated carbocycles. The Labute approximate surface area is 125 Å². The monoisotopic (exact) mass is 314 g/mol. The summed E-state index contributed by atoms with van der Waals surface area (Å²) in [5.41, 5.74) is 3.68. The summed E-state index contributed by atoms with van der Waals surface area (Å²) in [6, 6.07) is 5.38. The molecule has 7 heteroatoms. The van der Waals surface area contributed by atoms with Crippen molar-refractivity contribution in [2.75, 3.05) is 25.7 Å². The summed E-state index contributed by atoms with van der Waals surface area (Å²) in [6.45, 7) is 0. The van der Waals surface area contributed by atoms with Crippen molar-refractivity contribution >= 4 is 9.84 Å². The third-order valence-corrected chi connectivity index (χ3v) is 5.75. The van der Waals surface area contributed by atoms with Gasteiger partial charge in [0.05, 0.1) is 25.7 Å². The molecule has 3 N–H and O–H groups in total. The van der Waals surface area contributed by atoms with E-state index in [1.165, 1.54) is 0 Å². The summed E-state index contributed by atoms with van der Waals surface area (Å²) < 4.78 is 33.7. The third-order valence-electron chi connectivity index (χ3n) is 3.91. The predicted molar refractivity (Wildman–Crippen MR) is 81.0 cm³/mol. The zero-order chi connectivity index (χ0) is 15.5. The van der Waals surface area contributed by atoms with Gasteiger partial charge in [-0.15, -0.1) is 0 Å². The molecule has 0 aliphatic carbocycles. The number of nitrogens with one attached hydrogen (secondary N) is 1. The van der Waals surface area contributed by atoms with Crippen molar-refractivity contribution in [1.29, 1.82) is 0 Å². The van der Waals surface area contributed by atoms with Crippen LogP contribution in [0.4, 0.5) is 0 Å². The lowest BCUT2D eigenvalue weighted by Crippen LogP contribution is -2.30. The van der Waals surface area contributed by atoms with Gasteiger partial charge < -0.3 is 9.47 Å². The van der Waals surface area contributed by atoms with Crippen molar-refractivity contribution in [3.8, 4) is 11.5 Å². The van der Waals surface area contributed by atoms with Crippen LogP contribution in [0.3, 0.4) is 0 Å². The van der Waals surface area contributed by atoms with Gasteiger partial charge >= 0.3 is 0 Å². The Morgan fingerprint density at radius 2 is 2.14 bits per heavy atom. The van der Waals surface area contributed by atoms with E-state index in [0.717, 1.165) is 5.56 Å². The first-order valence-electron chi connectivity index (χ1n) is 6.87. The Balaban J connectivity index is 2.17. The number of benzene rings is 1. The van der Waals surface area contributed by atoms with Gasteiger partial charge in [0.15, 0.2) is 9.84 Å². The third kappa shape index (κ3) is 3.87. The Hall–Kier alpha value is -1.31. The molecule has 1 aromatic carbocycles. The van der Waals surface area contributed by atoms with E-state index >= 15 is 0 Å². The zero-order valence-electron chi connectivity index (χ0n) is 12.3. The molecule has 1 heterocycles. The average molecular weight is 314 g/mol. The first-order valence-corrected chi connectivity index (χ1v) is 8.69. The van der Waals surface area contributed by atoms with Gasteiger partial charge in [-0.3, -0.25) is 11.3 Å². The van der Waals surface area contributed by atoms with Crippen LogP contribution in [-0.4, -0.2) is 34.1 Å². The molecule has 2 rings (SSSR count). The summed E-state index contributed by atoms with van der Waals surface area (Å²) in [5, 5.41) is 0. The van der Waals surface area contributed by atoms with Crippen LogP contribution in [0.25, 0.3) is 0 Å². The smallest absolute Gasteiger partial charge is 0.150 e. The van der Waals surface area contributed by atoms with Crippen molar-refractivity contribution in [2.45, 2.75) is 18.9 Å². The summed E-state index contributed by atoms with van der Waals surface area (Å²) in [4.78, 5) is 0. The molecule has 0 spiro atoms. The van der Waals surface area contributed by atoms with Crippen molar-refractivity contribution in [3.63, 3.8) is 0 Å². The minimum atomic E-state index is -2.88. The highest BCUT2D eigenvalue weighted by atomic mass is 32.2. The van der Waals surface area contributed by atoms with Gasteiger partial charge in [-0.2, -0.15) is 0 Å². The molecule has 0 amide bonds. The first kappa shape index (κ1) is 16.1. The van der Waals surface area contributed by atoms with E-state index < -0.39 is 9.84 Å². The van der Waals surface area contributed by atoms with Gasteiger partial charge in [-0.05, 0) is 24.8 Å². The fourth-order valence-corrected chi connectivity index (χ4v) is 4.66. The second-order valence-corrected chi connectivity index (χ2v) is 7.56. The van der Waals surface area contributed by atoms with Gasteiger partial charge in [0.2, 0.25) is 0 Å². The number of rotatable bonds is 6. The molecule has 6 nitrogen and oxygen atoms in total. The van der Waals surface area contributed by atoms with Crippen LogP contribution in [0.5, 0.6) is 11.5 Å². The van der Waals surface area contributed by atoms with Crippen LogP contribution in [0.1, 0.15) is 24.4 Å². The predicted octanol–water partition coefficient (Wildman–Crippen LogP) is 1.03. The van der Waals surface area contributed by atoms with Crippen LogP contribution in [0, 0.1) is 5.92 Å². The van der Waals surface area contributed by atoms with Crippen molar-refractivity contribution in [2.24, 2.45) is 11.8 Å². The fraction of sp³-hybridized carbons (Fsp3) is 0.571. The minimum Gasteiger partial charge on any atom is -0.497 e. The van der Waals surface area contributed by atoms with Gasteiger partial charge in [-0.1, -0.05) is 6.07 Å². The van der Waals surface area contributed by atoms with Crippen LogP contribution >= 0.6 is 0 Å². The van der Waals surface area contributed by atoms with Gasteiger partial charge in [-0.25, -0.2) is 8.42 Å². The molecule has 0 radical (unpaired) electrons. The Morgan fingerprint density at radius 1 is 1.38 bits per heavy atom. The molecule has 118 valence electrons. The molecule has 21 heavy (non-hydrogen) atoms. The highest BCUT2D eigenvalue weighted by Gasteiger charge is 2.30. The summed E-state index contributed by atoms with van der Waals surface area (Å²) in [7, 11) is 0.305. The van der Waals surface area contributed by atoms with E-state index in [4.69, 9.17) is 15.3 Å². The molecule has 0 aromatic heterocycles. The molecule has 0 bridgehead atoms. The fourth-order valence-electron chi connectivity index (χ4n) is 2.78. The maximum Gasteiger partial charge on any atom is 0.150 e. The number of hydrogen-bond donors (Lipinski definition) is 2. The highest BCUT2D eigenvalue weighted by molar-refractivity contribution is 7.91. The average Bonchev–Trinajstić information content (AvgIpc) is 2.83. The van der Waals surface area contributed by atoms with Crippen molar-refractivity contribution < 1.29 is 17.9 Å². The molecule has 1 fully saturated rings. The Morgan fingerprint density at radius 3 is 2.67 bits per heavy atom. The van der Waals surface area contributed by atoms with E-state index in [1.54, 1.807) is 20.3 Å². The van der Waals surface area contributed by atoms with Crippen molar-refractivity contribution in [1.82, 2.24) is 5.43 Å². The van der Waals surface area contributed by atoms with Crippen LogP contribution in [0.15, 0.2) is 18.2 Å². The zero-order valence-corrected chi connectivity index (χ0v) is 13.2. The number of methoxy groups -OCH3 is 2. The van der Waals surface area contributed by atoms with Crippen LogP contribution < -0.4 is 20.7 Å². The number of ether oxygens (including phenoxy) is 2. The quantitative estimate of drug-likeness (QED) is 0.602. The van der Waals surface area contributed by atoms with E-state index in [0.29, 0.717) is 24.3 Å². The Bertz CT molecular complexity index is 589. The molecular weight excluding hydrogens is 292 g/mol. The van der Waals surface area contributed by atoms with Crippen molar-refractivity contribution in [3.05, 3.63) is 23.8 Å². The molecule has 2 atom stereocenters. The molecular formula is C14H22N2O4S. The lowest BCUT2D eigenvalue weighted by Gasteiger charge is -2.22. The van der Waals surface area contributed by atoms with E-state index in [2.05, 4.69) is 5.43 Å². The minimum absolute atomic E-state index is 0.128. The van der Waals surface area contributed by atoms with E-state index in [-0.39, 0.29) is 23.5 Å². The highest BCUT2D eigenvalue weighted by Crippen LogP contribution is 2.34. The molecule has 1 saturated heterocycles. The van der Waals surface area contributed by atoms with Crippen LogP contribution in [0.2, 0.25) is 0 Å². The van der Waals surface area contributed by atoms with Gasteiger partial charge in [0.25, 0.3) is 0 Å². The molecule has 1 aliphatic heterocycles. The van der Waals surface area contributed by atoms with Gasteiger partial charge in [0, 0.05) is 17.7 Å².